The van der Waals surface area contributed by atoms with Gasteiger partial charge >= 0.3 is 0 Å². The standard InChI is InChI=1S/C28H46N12/c29-13-22-40(27-32-23(36-14-5-1-6-15-36)30-24(33-27)37-16-7-2-8-17-37)28-34-25(38-18-9-3-10-19-38)31-26(35-28)39-20-11-4-12-21-39/h1-22,29H2. The van der Waals surface area contributed by atoms with Crippen LogP contribution in [0.25, 0.3) is 0 Å². The van der Waals surface area contributed by atoms with Gasteiger partial charge in [0.15, 0.2) is 0 Å². The molecule has 6 rings (SSSR count). The molecule has 0 amide bonds. The quantitative estimate of drug-likeness (QED) is 0.520. The van der Waals surface area contributed by atoms with Crippen molar-refractivity contribution >= 4 is 35.7 Å². The monoisotopic (exact) mass is 550 g/mol. The molecule has 4 aliphatic heterocycles. The van der Waals surface area contributed by atoms with Crippen LogP contribution in [0.15, 0.2) is 0 Å². The molecule has 0 bridgehead atoms. The molecule has 12 nitrogen and oxygen atoms in total. The van der Waals surface area contributed by atoms with E-state index in [-0.39, 0.29) is 0 Å². The highest BCUT2D eigenvalue weighted by Gasteiger charge is 2.27. The first-order valence-electron chi connectivity index (χ1n) is 15.8. The minimum Gasteiger partial charge on any atom is -0.341 e. The van der Waals surface area contributed by atoms with Gasteiger partial charge in [0.25, 0.3) is 0 Å². The van der Waals surface area contributed by atoms with Gasteiger partial charge < -0.3 is 25.3 Å². The molecule has 2 aromatic rings. The molecule has 40 heavy (non-hydrogen) atoms. The molecule has 4 saturated heterocycles. The molecular formula is C28H46N12. The average molecular weight is 551 g/mol. The summed E-state index contributed by atoms with van der Waals surface area (Å²) in [6, 6.07) is 0. The average Bonchev–Trinajstić information content (AvgIpc) is 3.05. The van der Waals surface area contributed by atoms with Gasteiger partial charge in [-0.3, -0.25) is 4.90 Å². The summed E-state index contributed by atoms with van der Waals surface area (Å²) >= 11 is 0. The fraction of sp³-hybridized carbons (Fsp3) is 0.786. The molecule has 0 spiro atoms. The van der Waals surface area contributed by atoms with Crippen molar-refractivity contribution in [3.05, 3.63) is 0 Å². The smallest absolute Gasteiger partial charge is 0.238 e. The predicted molar refractivity (Wildman–Crippen MR) is 160 cm³/mol. The van der Waals surface area contributed by atoms with Crippen LogP contribution in [-0.2, 0) is 0 Å². The Morgan fingerprint density at radius 2 is 0.700 bits per heavy atom. The maximum atomic E-state index is 6.20. The van der Waals surface area contributed by atoms with Crippen molar-refractivity contribution < 1.29 is 0 Å². The molecule has 6 heterocycles. The van der Waals surface area contributed by atoms with Gasteiger partial charge in [-0.2, -0.15) is 29.9 Å². The van der Waals surface area contributed by atoms with E-state index in [9.17, 15) is 0 Å². The van der Waals surface area contributed by atoms with Crippen LogP contribution in [0.2, 0.25) is 0 Å². The summed E-state index contributed by atoms with van der Waals surface area (Å²) in [6.45, 7) is 8.77. The molecule has 4 aliphatic rings. The molecule has 0 unspecified atom stereocenters. The Kier molecular flexibility index (Phi) is 8.89. The summed E-state index contributed by atoms with van der Waals surface area (Å²) in [5.74, 6) is 4.20. The van der Waals surface area contributed by atoms with E-state index in [1.54, 1.807) is 0 Å². The number of nitrogens with zero attached hydrogens (tertiary/aromatic N) is 11. The highest BCUT2D eigenvalue weighted by Crippen LogP contribution is 2.29. The SMILES string of the molecule is NCCN(c1nc(N2CCCCC2)nc(N2CCCCC2)n1)c1nc(N2CCCCC2)nc(N2CCCCC2)n1. The number of hydrogen-bond donors (Lipinski definition) is 1. The van der Waals surface area contributed by atoms with Gasteiger partial charge in [-0.15, -0.1) is 0 Å². The lowest BCUT2D eigenvalue weighted by molar-refractivity contribution is 0.554. The highest BCUT2D eigenvalue weighted by atomic mass is 15.4. The summed E-state index contributed by atoms with van der Waals surface area (Å²) in [6.07, 6.45) is 14.4. The summed E-state index contributed by atoms with van der Waals surface area (Å²) in [5, 5.41) is 0. The molecule has 0 atom stereocenters. The van der Waals surface area contributed by atoms with Crippen molar-refractivity contribution in [2.24, 2.45) is 5.73 Å². The van der Waals surface area contributed by atoms with Crippen molar-refractivity contribution in [1.29, 1.82) is 0 Å². The molecule has 0 saturated carbocycles. The van der Waals surface area contributed by atoms with E-state index in [1.165, 1.54) is 77.0 Å². The van der Waals surface area contributed by atoms with Crippen LogP contribution in [-0.4, -0.2) is 95.4 Å². The largest absolute Gasteiger partial charge is 0.341 e. The minimum absolute atomic E-state index is 0.438. The third-order valence-electron chi connectivity index (χ3n) is 8.59. The Balaban J connectivity index is 1.41. The third-order valence-corrected chi connectivity index (χ3v) is 8.59. The molecule has 2 N–H and O–H groups in total. The number of anilines is 6. The van der Waals surface area contributed by atoms with E-state index in [0.29, 0.717) is 25.0 Å². The number of piperidine rings is 4. The van der Waals surface area contributed by atoms with Gasteiger partial charge in [-0.1, -0.05) is 0 Å². The van der Waals surface area contributed by atoms with Gasteiger partial charge in [-0.25, -0.2) is 0 Å². The van der Waals surface area contributed by atoms with E-state index in [4.69, 9.17) is 35.6 Å². The molecule has 4 fully saturated rings. The lowest BCUT2D eigenvalue weighted by Crippen LogP contribution is -2.37. The Hall–Kier alpha value is -3.02. The first kappa shape index (κ1) is 27.2. The first-order chi connectivity index (χ1) is 19.8. The van der Waals surface area contributed by atoms with E-state index in [2.05, 4.69) is 19.6 Å². The van der Waals surface area contributed by atoms with Crippen LogP contribution in [0, 0.1) is 0 Å². The van der Waals surface area contributed by atoms with Crippen molar-refractivity contribution in [2.45, 2.75) is 77.0 Å². The minimum atomic E-state index is 0.438. The Bertz CT molecular complexity index is 933. The second-order valence-electron chi connectivity index (χ2n) is 11.6. The van der Waals surface area contributed by atoms with Crippen LogP contribution < -0.4 is 30.2 Å². The second-order valence-corrected chi connectivity index (χ2v) is 11.6. The molecule has 0 radical (unpaired) electrons. The topological polar surface area (TPSA) is 120 Å². The van der Waals surface area contributed by atoms with Gasteiger partial charge in [0.05, 0.1) is 0 Å². The lowest BCUT2D eigenvalue weighted by atomic mass is 10.1. The molecule has 0 aromatic carbocycles. The zero-order valence-electron chi connectivity index (χ0n) is 24.1. The number of rotatable bonds is 8. The van der Waals surface area contributed by atoms with Crippen molar-refractivity contribution in [3.8, 4) is 0 Å². The maximum absolute atomic E-state index is 6.20. The molecule has 218 valence electrons. The number of hydrogen-bond acceptors (Lipinski definition) is 12. The van der Waals surface area contributed by atoms with Crippen LogP contribution in [0.4, 0.5) is 35.7 Å². The molecule has 2 aromatic heterocycles. The van der Waals surface area contributed by atoms with Gasteiger partial charge in [0, 0.05) is 65.4 Å². The highest BCUT2D eigenvalue weighted by molar-refractivity contribution is 5.57. The van der Waals surface area contributed by atoms with Crippen molar-refractivity contribution in [2.75, 3.05) is 89.9 Å². The van der Waals surface area contributed by atoms with Crippen molar-refractivity contribution in [1.82, 2.24) is 29.9 Å². The molecular weight excluding hydrogens is 504 g/mol. The number of aromatic nitrogens is 6. The summed E-state index contributed by atoms with van der Waals surface area (Å²) < 4.78 is 0. The summed E-state index contributed by atoms with van der Waals surface area (Å²) in [5.41, 5.74) is 6.20. The van der Waals surface area contributed by atoms with Gasteiger partial charge in [0.2, 0.25) is 35.7 Å². The van der Waals surface area contributed by atoms with E-state index in [0.717, 1.165) is 76.2 Å². The lowest BCUT2D eigenvalue weighted by Gasteiger charge is -2.32. The third kappa shape index (κ3) is 6.31. The first-order valence-corrected chi connectivity index (χ1v) is 15.8. The zero-order chi connectivity index (χ0) is 27.1. The Morgan fingerprint density at radius 1 is 0.425 bits per heavy atom. The van der Waals surface area contributed by atoms with Crippen LogP contribution in [0.3, 0.4) is 0 Å². The summed E-state index contributed by atoms with van der Waals surface area (Å²) in [4.78, 5) is 41.5. The van der Waals surface area contributed by atoms with Crippen LogP contribution in [0.5, 0.6) is 0 Å². The molecule has 0 aliphatic carbocycles. The van der Waals surface area contributed by atoms with Gasteiger partial charge in [0.1, 0.15) is 0 Å². The fourth-order valence-corrected chi connectivity index (χ4v) is 6.29. The maximum Gasteiger partial charge on any atom is 0.238 e. The van der Waals surface area contributed by atoms with E-state index in [1.807, 2.05) is 4.90 Å². The van der Waals surface area contributed by atoms with Crippen LogP contribution in [0.1, 0.15) is 77.0 Å². The molecule has 12 heteroatoms. The fourth-order valence-electron chi connectivity index (χ4n) is 6.29. The van der Waals surface area contributed by atoms with Crippen molar-refractivity contribution in [3.63, 3.8) is 0 Å². The Morgan fingerprint density at radius 3 is 0.950 bits per heavy atom. The second kappa shape index (κ2) is 13.1. The van der Waals surface area contributed by atoms with Crippen LogP contribution >= 0.6 is 0 Å². The normalized spacial score (nSPS) is 20.6. The number of nitrogens with two attached hydrogens (primary N) is 1. The van der Waals surface area contributed by atoms with Gasteiger partial charge in [-0.05, 0) is 77.0 Å². The predicted octanol–water partition coefficient (Wildman–Crippen LogP) is 3.11. The summed E-state index contributed by atoms with van der Waals surface area (Å²) in [7, 11) is 0. The zero-order valence-corrected chi connectivity index (χ0v) is 24.1. The van der Waals surface area contributed by atoms with E-state index < -0.39 is 0 Å². The van der Waals surface area contributed by atoms with E-state index >= 15 is 0 Å². The Labute approximate surface area is 238 Å².